The lowest BCUT2D eigenvalue weighted by atomic mass is 9.94. The fourth-order valence-corrected chi connectivity index (χ4v) is 5.00. The van der Waals surface area contributed by atoms with Gasteiger partial charge in [-0.3, -0.25) is 9.69 Å². The number of carboxylic acids is 1. The molecular weight excluding hydrogens is 414 g/mol. The maximum atomic E-state index is 11.6. The first-order valence-electron chi connectivity index (χ1n) is 8.95. The minimum atomic E-state index is -0.699. The van der Waals surface area contributed by atoms with E-state index in [-0.39, 0.29) is 12.0 Å². The summed E-state index contributed by atoms with van der Waals surface area (Å²) >= 11 is 5.35. The number of piperidine rings is 1. The minimum Gasteiger partial charge on any atom is -0.494 e. The number of benzene rings is 1. The Morgan fingerprint density at radius 2 is 2.23 bits per heavy atom. The summed E-state index contributed by atoms with van der Waals surface area (Å²) in [4.78, 5) is 16.4. The molecule has 4 nitrogen and oxygen atoms in total. The summed E-state index contributed by atoms with van der Waals surface area (Å²) in [6.07, 6.45) is 1.65. The zero-order valence-corrected chi connectivity index (χ0v) is 17.5. The first kappa shape index (κ1) is 19.4. The molecule has 2 aromatic rings. The van der Waals surface area contributed by atoms with Gasteiger partial charge < -0.3 is 9.84 Å². The van der Waals surface area contributed by atoms with Gasteiger partial charge in [-0.1, -0.05) is 15.9 Å². The van der Waals surface area contributed by atoms with Gasteiger partial charge in [-0.2, -0.15) is 0 Å². The van der Waals surface area contributed by atoms with E-state index >= 15 is 0 Å². The average molecular weight is 438 g/mol. The van der Waals surface area contributed by atoms with Crippen LogP contribution in [0.4, 0.5) is 0 Å². The molecule has 2 atom stereocenters. The predicted molar refractivity (Wildman–Crippen MR) is 108 cm³/mol. The van der Waals surface area contributed by atoms with Gasteiger partial charge in [-0.25, -0.2) is 0 Å². The van der Waals surface area contributed by atoms with E-state index in [1.54, 1.807) is 11.3 Å². The third kappa shape index (κ3) is 4.30. The van der Waals surface area contributed by atoms with E-state index in [1.807, 2.05) is 19.1 Å². The first-order valence-corrected chi connectivity index (χ1v) is 10.6. The molecular formula is C20H24BrNO3S. The zero-order chi connectivity index (χ0) is 18.7. The second-order valence-electron chi connectivity index (χ2n) is 6.64. The standard InChI is InChI=1S/C20H24BrNO3S/c1-3-25-17-8-7-15(21)11-16(17)19(18-9-6-13(2)26-18)22-10-4-5-14(12-22)20(23)24/h6-9,11,14,19H,3-5,10,12H2,1-2H3,(H,23,24). The van der Waals surface area contributed by atoms with Gasteiger partial charge in [0.25, 0.3) is 0 Å². The lowest BCUT2D eigenvalue weighted by molar-refractivity contribution is -0.143. The predicted octanol–water partition coefficient (Wildman–Crippen LogP) is 5.10. The summed E-state index contributed by atoms with van der Waals surface area (Å²) in [7, 11) is 0. The van der Waals surface area contributed by atoms with Crippen LogP contribution in [0.1, 0.15) is 41.1 Å². The van der Waals surface area contributed by atoms with Crippen LogP contribution in [-0.2, 0) is 4.79 Å². The van der Waals surface area contributed by atoms with Crippen molar-refractivity contribution >= 4 is 33.2 Å². The Labute approximate surface area is 166 Å². The van der Waals surface area contributed by atoms with Crippen molar-refractivity contribution in [3.8, 4) is 5.75 Å². The van der Waals surface area contributed by atoms with Crippen molar-refractivity contribution in [3.63, 3.8) is 0 Å². The van der Waals surface area contributed by atoms with Crippen molar-refractivity contribution in [2.75, 3.05) is 19.7 Å². The van der Waals surface area contributed by atoms with Crippen molar-refractivity contribution in [3.05, 3.63) is 50.1 Å². The van der Waals surface area contributed by atoms with Crippen molar-refractivity contribution in [1.29, 1.82) is 0 Å². The number of carboxylic acid groups (broad SMARTS) is 1. The van der Waals surface area contributed by atoms with E-state index in [2.05, 4.69) is 46.0 Å². The Bertz CT molecular complexity index is 776. The van der Waals surface area contributed by atoms with Gasteiger partial charge in [0.15, 0.2) is 0 Å². The van der Waals surface area contributed by atoms with Gasteiger partial charge in [-0.05, 0) is 63.6 Å². The van der Waals surface area contributed by atoms with Gasteiger partial charge in [0.05, 0.1) is 18.6 Å². The molecule has 0 saturated carbocycles. The number of hydrogen-bond acceptors (Lipinski definition) is 4. The molecule has 0 spiro atoms. The van der Waals surface area contributed by atoms with E-state index in [9.17, 15) is 9.90 Å². The average Bonchev–Trinajstić information content (AvgIpc) is 3.04. The smallest absolute Gasteiger partial charge is 0.307 e. The highest BCUT2D eigenvalue weighted by molar-refractivity contribution is 9.10. The lowest BCUT2D eigenvalue weighted by Crippen LogP contribution is -2.41. The zero-order valence-electron chi connectivity index (χ0n) is 15.1. The number of thiophene rings is 1. The molecule has 0 aliphatic carbocycles. The van der Waals surface area contributed by atoms with E-state index in [1.165, 1.54) is 9.75 Å². The van der Waals surface area contributed by atoms with Crippen molar-refractivity contribution < 1.29 is 14.6 Å². The fraction of sp³-hybridized carbons (Fsp3) is 0.450. The van der Waals surface area contributed by atoms with Gasteiger partial charge in [0.2, 0.25) is 0 Å². The molecule has 1 fully saturated rings. The molecule has 0 amide bonds. The van der Waals surface area contributed by atoms with Crippen molar-refractivity contribution in [1.82, 2.24) is 4.90 Å². The molecule has 0 radical (unpaired) electrons. The monoisotopic (exact) mass is 437 g/mol. The number of hydrogen-bond donors (Lipinski definition) is 1. The van der Waals surface area contributed by atoms with Crippen LogP contribution in [0.25, 0.3) is 0 Å². The number of carbonyl (C=O) groups is 1. The minimum absolute atomic E-state index is 0.00917. The Hall–Kier alpha value is -1.37. The SMILES string of the molecule is CCOc1ccc(Br)cc1C(c1ccc(C)s1)N1CCCC(C(=O)O)C1. The Kier molecular flexibility index (Phi) is 6.37. The molecule has 2 unspecified atom stereocenters. The Morgan fingerprint density at radius 3 is 2.88 bits per heavy atom. The number of likely N-dealkylation sites (tertiary alicyclic amines) is 1. The number of ether oxygens (including phenoxy) is 1. The van der Waals surface area contributed by atoms with Crippen LogP contribution in [0.15, 0.2) is 34.8 Å². The fourth-order valence-electron chi connectivity index (χ4n) is 3.59. The third-order valence-electron chi connectivity index (χ3n) is 4.76. The number of nitrogens with zero attached hydrogens (tertiary/aromatic N) is 1. The van der Waals surface area contributed by atoms with Crippen molar-refractivity contribution in [2.24, 2.45) is 5.92 Å². The molecule has 1 aromatic heterocycles. The first-order chi connectivity index (χ1) is 12.5. The van der Waals surface area contributed by atoms with Crippen molar-refractivity contribution in [2.45, 2.75) is 32.7 Å². The summed E-state index contributed by atoms with van der Waals surface area (Å²) in [6, 6.07) is 10.4. The second kappa shape index (κ2) is 8.55. The van der Waals surface area contributed by atoms with Crippen LogP contribution < -0.4 is 4.74 Å². The van der Waals surface area contributed by atoms with E-state index in [4.69, 9.17) is 4.74 Å². The highest BCUT2D eigenvalue weighted by Gasteiger charge is 2.33. The molecule has 1 aromatic carbocycles. The molecule has 140 valence electrons. The Balaban J connectivity index is 2.05. The van der Waals surface area contributed by atoms with E-state index in [0.717, 1.165) is 35.2 Å². The number of halogens is 1. The highest BCUT2D eigenvalue weighted by atomic mass is 79.9. The normalized spacial score (nSPS) is 19.3. The number of rotatable bonds is 6. The highest BCUT2D eigenvalue weighted by Crippen LogP contribution is 2.41. The summed E-state index contributed by atoms with van der Waals surface area (Å²) in [5.74, 6) is -0.144. The number of aliphatic carboxylic acids is 1. The molecule has 2 heterocycles. The van der Waals surface area contributed by atoms with Crippen LogP contribution in [0.2, 0.25) is 0 Å². The third-order valence-corrected chi connectivity index (χ3v) is 6.31. The maximum absolute atomic E-state index is 11.6. The lowest BCUT2D eigenvalue weighted by Gasteiger charge is -2.37. The van der Waals surface area contributed by atoms with E-state index in [0.29, 0.717) is 13.2 Å². The van der Waals surface area contributed by atoms with Crippen LogP contribution in [0.5, 0.6) is 5.75 Å². The summed E-state index contributed by atoms with van der Waals surface area (Å²) < 4.78 is 6.91. The van der Waals surface area contributed by atoms with Gasteiger partial charge in [0.1, 0.15) is 5.75 Å². The Morgan fingerprint density at radius 1 is 1.42 bits per heavy atom. The van der Waals surface area contributed by atoms with E-state index < -0.39 is 5.97 Å². The van der Waals surface area contributed by atoms with Crippen LogP contribution >= 0.6 is 27.3 Å². The van der Waals surface area contributed by atoms with Gasteiger partial charge in [0, 0.05) is 26.3 Å². The molecule has 6 heteroatoms. The molecule has 1 saturated heterocycles. The maximum Gasteiger partial charge on any atom is 0.307 e. The molecule has 1 aliphatic heterocycles. The van der Waals surface area contributed by atoms with Crippen LogP contribution in [0, 0.1) is 12.8 Å². The molecule has 26 heavy (non-hydrogen) atoms. The molecule has 1 N–H and O–H groups in total. The summed E-state index contributed by atoms with van der Waals surface area (Å²) in [5, 5.41) is 9.51. The molecule has 0 bridgehead atoms. The van der Waals surface area contributed by atoms with Gasteiger partial charge >= 0.3 is 5.97 Å². The topological polar surface area (TPSA) is 49.8 Å². The summed E-state index contributed by atoms with van der Waals surface area (Å²) in [5.41, 5.74) is 1.09. The molecule has 3 rings (SSSR count). The van der Waals surface area contributed by atoms with Crippen LogP contribution in [0.3, 0.4) is 0 Å². The molecule has 1 aliphatic rings. The van der Waals surface area contributed by atoms with Gasteiger partial charge in [-0.15, -0.1) is 11.3 Å². The largest absolute Gasteiger partial charge is 0.494 e. The second-order valence-corrected chi connectivity index (χ2v) is 8.87. The summed E-state index contributed by atoms with van der Waals surface area (Å²) in [6.45, 7) is 6.14. The van der Waals surface area contributed by atoms with Crippen LogP contribution in [-0.4, -0.2) is 35.7 Å². The quantitative estimate of drug-likeness (QED) is 0.682. The number of aryl methyl sites for hydroxylation is 1.